The number of H-pyrrole nitrogens is 2. The molecule has 1 aromatic heterocycles. The number of aromatic amines is 2. The molecule has 1 aliphatic rings. The lowest BCUT2D eigenvalue weighted by Crippen LogP contribution is -2.11. The summed E-state index contributed by atoms with van der Waals surface area (Å²) in [6.07, 6.45) is 0.466. The van der Waals surface area contributed by atoms with Gasteiger partial charge in [0.05, 0.1) is 18.7 Å². The van der Waals surface area contributed by atoms with Crippen molar-refractivity contribution in [3.8, 4) is 5.88 Å². The Morgan fingerprint density at radius 2 is 2.00 bits per heavy atom. The summed E-state index contributed by atoms with van der Waals surface area (Å²) in [7, 11) is 1.36. The second kappa shape index (κ2) is 4.56. The first-order chi connectivity index (χ1) is 9.61. The van der Waals surface area contributed by atoms with Crippen LogP contribution in [0.25, 0.3) is 0 Å². The van der Waals surface area contributed by atoms with Crippen molar-refractivity contribution in [3.63, 3.8) is 0 Å². The lowest BCUT2D eigenvalue weighted by Gasteiger charge is -2.09. The van der Waals surface area contributed by atoms with Gasteiger partial charge in [0.25, 0.3) is 0 Å². The Morgan fingerprint density at radius 1 is 1.30 bits per heavy atom. The molecule has 0 radical (unpaired) electrons. The number of carbonyl (C=O) groups is 1. The molecular formula is C14H14N2O4. The molecule has 2 aromatic rings. The third kappa shape index (κ3) is 1.80. The van der Waals surface area contributed by atoms with E-state index in [9.17, 15) is 14.7 Å². The minimum atomic E-state index is -0.462. The molecule has 0 bridgehead atoms. The molecule has 0 aliphatic heterocycles. The van der Waals surface area contributed by atoms with Crippen molar-refractivity contribution < 1.29 is 14.6 Å². The summed E-state index contributed by atoms with van der Waals surface area (Å²) in [6, 6.07) is 7.50. The van der Waals surface area contributed by atoms with Gasteiger partial charge >= 0.3 is 11.7 Å². The van der Waals surface area contributed by atoms with Gasteiger partial charge in [-0.1, -0.05) is 24.3 Å². The lowest BCUT2D eigenvalue weighted by atomic mass is 9.98. The second-order valence-electron chi connectivity index (χ2n) is 4.83. The quantitative estimate of drug-likeness (QED) is 0.717. The van der Waals surface area contributed by atoms with E-state index in [0.717, 1.165) is 11.1 Å². The smallest absolute Gasteiger partial charge is 0.325 e. The predicted octanol–water partition coefficient (Wildman–Crippen LogP) is 1.20. The molecule has 0 spiro atoms. The molecule has 2 atom stereocenters. The summed E-state index contributed by atoms with van der Waals surface area (Å²) in [5.41, 5.74) is 1.75. The number of fused-ring (bicyclic) bond motifs is 1. The minimum Gasteiger partial charge on any atom is -0.493 e. The Balaban J connectivity index is 2.09. The molecule has 6 nitrogen and oxygen atoms in total. The second-order valence-corrected chi connectivity index (χ2v) is 4.83. The maximum atomic E-state index is 11.9. The number of esters is 1. The fourth-order valence-electron chi connectivity index (χ4n) is 2.91. The molecule has 0 saturated carbocycles. The first-order valence-electron chi connectivity index (χ1n) is 6.29. The molecule has 104 valence electrons. The van der Waals surface area contributed by atoms with Crippen molar-refractivity contribution in [1.82, 2.24) is 9.97 Å². The molecule has 3 N–H and O–H groups in total. The van der Waals surface area contributed by atoms with Gasteiger partial charge in [0.15, 0.2) is 0 Å². The highest BCUT2D eigenvalue weighted by Gasteiger charge is 2.38. The number of rotatable bonds is 2. The number of imidazole rings is 1. The van der Waals surface area contributed by atoms with Gasteiger partial charge < -0.3 is 14.8 Å². The highest BCUT2D eigenvalue weighted by Crippen LogP contribution is 2.46. The van der Waals surface area contributed by atoms with Gasteiger partial charge in [-0.15, -0.1) is 0 Å². The van der Waals surface area contributed by atoms with Gasteiger partial charge in [0.2, 0.25) is 5.88 Å². The van der Waals surface area contributed by atoms with E-state index in [1.807, 2.05) is 24.3 Å². The van der Waals surface area contributed by atoms with E-state index in [4.69, 9.17) is 4.74 Å². The monoisotopic (exact) mass is 274 g/mol. The zero-order valence-electron chi connectivity index (χ0n) is 10.8. The number of hydrogen-bond donors (Lipinski definition) is 3. The third-order valence-corrected chi connectivity index (χ3v) is 3.79. The number of ether oxygens (including phenoxy) is 1. The molecular weight excluding hydrogens is 260 g/mol. The SMILES string of the molecule is COC(=O)C1CC(c2[nH]c(=O)[nH]c2O)c2ccccc21. The van der Waals surface area contributed by atoms with Crippen molar-refractivity contribution >= 4 is 5.97 Å². The van der Waals surface area contributed by atoms with Gasteiger partial charge in [0.1, 0.15) is 0 Å². The normalized spacial score (nSPS) is 20.6. The summed E-state index contributed by atoms with van der Waals surface area (Å²) in [5.74, 6) is -1.09. The first kappa shape index (κ1) is 12.5. The highest BCUT2D eigenvalue weighted by atomic mass is 16.5. The predicted molar refractivity (Wildman–Crippen MR) is 70.7 cm³/mol. The molecule has 1 aromatic carbocycles. The largest absolute Gasteiger partial charge is 0.493 e. The van der Waals surface area contributed by atoms with E-state index >= 15 is 0 Å². The Kier molecular flexibility index (Phi) is 2.85. The Morgan fingerprint density at radius 3 is 2.60 bits per heavy atom. The average molecular weight is 274 g/mol. The molecule has 20 heavy (non-hydrogen) atoms. The molecule has 2 unspecified atom stereocenters. The zero-order valence-corrected chi connectivity index (χ0v) is 10.8. The number of aromatic nitrogens is 2. The topological polar surface area (TPSA) is 95.2 Å². The minimum absolute atomic E-state index is 0.180. The van der Waals surface area contributed by atoms with Crippen LogP contribution in [0, 0.1) is 0 Å². The van der Waals surface area contributed by atoms with Crippen molar-refractivity contribution in [2.24, 2.45) is 0 Å². The zero-order chi connectivity index (χ0) is 14.3. The fourth-order valence-corrected chi connectivity index (χ4v) is 2.91. The van der Waals surface area contributed by atoms with Gasteiger partial charge in [0, 0.05) is 5.92 Å². The van der Waals surface area contributed by atoms with Crippen LogP contribution in [-0.2, 0) is 9.53 Å². The first-order valence-corrected chi connectivity index (χ1v) is 6.29. The molecule has 3 rings (SSSR count). The Bertz CT molecular complexity index is 716. The summed E-state index contributed by atoms with van der Waals surface area (Å²) in [5, 5.41) is 9.80. The van der Waals surface area contributed by atoms with Crippen LogP contribution in [0.3, 0.4) is 0 Å². The Labute approximate surface area is 114 Å². The van der Waals surface area contributed by atoms with Crippen molar-refractivity contribution in [1.29, 1.82) is 0 Å². The summed E-state index contributed by atoms with van der Waals surface area (Å²) in [6.45, 7) is 0. The number of aromatic hydroxyl groups is 1. The van der Waals surface area contributed by atoms with E-state index in [0.29, 0.717) is 12.1 Å². The van der Waals surface area contributed by atoms with Crippen LogP contribution in [0.4, 0.5) is 0 Å². The maximum absolute atomic E-state index is 11.9. The van der Waals surface area contributed by atoms with E-state index in [1.54, 1.807) is 0 Å². The van der Waals surface area contributed by atoms with Crippen LogP contribution in [0.5, 0.6) is 5.88 Å². The molecule has 1 heterocycles. The molecule has 0 saturated heterocycles. The number of hydrogen-bond acceptors (Lipinski definition) is 4. The van der Waals surface area contributed by atoms with Gasteiger partial charge in [-0.05, 0) is 17.5 Å². The van der Waals surface area contributed by atoms with E-state index in [2.05, 4.69) is 9.97 Å². The van der Waals surface area contributed by atoms with E-state index in [1.165, 1.54) is 7.11 Å². The molecule has 0 amide bonds. The fraction of sp³-hybridized carbons (Fsp3) is 0.286. The van der Waals surface area contributed by atoms with Crippen molar-refractivity contribution in [2.75, 3.05) is 7.11 Å². The lowest BCUT2D eigenvalue weighted by molar-refractivity contribution is -0.142. The van der Waals surface area contributed by atoms with Crippen molar-refractivity contribution in [2.45, 2.75) is 18.3 Å². The van der Waals surface area contributed by atoms with Crippen LogP contribution in [-0.4, -0.2) is 28.2 Å². The average Bonchev–Trinajstić information content (AvgIpc) is 2.98. The number of nitrogens with one attached hydrogen (secondary N) is 2. The van der Waals surface area contributed by atoms with Crippen LogP contribution in [0.15, 0.2) is 29.1 Å². The molecule has 0 fully saturated rings. The maximum Gasteiger partial charge on any atom is 0.325 e. The van der Waals surface area contributed by atoms with Crippen LogP contribution in [0.1, 0.15) is 35.1 Å². The molecule has 1 aliphatic carbocycles. The number of benzene rings is 1. The van der Waals surface area contributed by atoms with Gasteiger partial charge in [-0.2, -0.15) is 0 Å². The third-order valence-electron chi connectivity index (χ3n) is 3.79. The van der Waals surface area contributed by atoms with E-state index in [-0.39, 0.29) is 23.7 Å². The number of methoxy groups -OCH3 is 1. The van der Waals surface area contributed by atoms with E-state index < -0.39 is 5.69 Å². The molecule has 6 heteroatoms. The standard InChI is InChI=1S/C14H14N2O4/c1-20-13(18)10-6-9(7-4-2-3-5-8(7)10)11-12(17)16-14(19)15-11/h2-5,9-10,17H,6H2,1H3,(H2,15,16,19). The van der Waals surface area contributed by atoms with Crippen molar-refractivity contribution in [3.05, 3.63) is 51.6 Å². The van der Waals surface area contributed by atoms with Gasteiger partial charge in [-0.25, -0.2) is 4.79 Å². The van der Waals surface area contributed by atoms with Gasteiger partial charge in [-0.3, -0.25) is 9.78 Å². The summed E-state index contributed by atoms with van der Waals surface area (Å²) < 4.78 is 4.83. The van der Waals surface area contributed by atoms with Crippen LogP contribution >= 0.6 is 0 Å². The van der Waals surface area contributed by atoms with Crippen LogP contribution < -0.4 is 5.69 Å². The Hall–Kier alpha value is -2.50. The highest BCUT2D eigenvalue weighted by molar-refractivity contribution is 5.80. The number of carbonyl (C=O) groups excluding carboxylic acids is 1. The van der Waals surface area contributed by atoms with Crippen LogP contribution in [0.2, 0.25) is 0 Å². The summed E-state index contributed by atoms with van der Waals surface area (Å²) >= 11 is 0. The summed E-state index contributed by atoms with van der Waals surface area (Å²) in [4.78, 5) is 28.1.